The quantitative estimate of drug-likeness (QED) is 0.801. The highest BCUT2D eigenvalue weighted by Gasteiger charge is 1.99. The van der Waals surface area contributed by atoms with Crippen molar-refractivity contribution < 1.29 is 9.52 Å². The van der Waals surface area contributed by atoms with Gasteiger partial charge in [0.25, 0.3) is 0 Å². The minimum atomic E-state index is 0.184. The van der Waals surface area contributed by atoms with Crippen molar-refractivity contribution in [3.8, 4) is 11.3 Å². The fraction of sp³-hybridized carbons (Fsp3) is 0.182. The van der Waals surface area contributed by atoms with E-state index in [-0.39, 0.29) is 6.61 Å². The molecule has 0 saturated heterocycles. The van der Waals surface area contributed by atoms with Crippen LogP contribution in [0.4, 0.5) is 0 Å². The number of aromatic nitrogens is 1. The van der Waals surface area contributed by atoms with Gasteiger partial charge >= 0.3 is 0 Å². The summed E-state index contributed by atoms with van der Waals surface area (Å²) in [5.74, 6) is 0. The Morgan fingerprint density at radius 3 is 2.57 bits per heavy atom. The van der Waals surface area contributed by atoms with E-state index in [1.54, 1.807) is 6.26 Å². The second kappa shape index (κ2) is 4.07. The molecule has 0 aliphatic rings. The number of nitrogens with zero attached hydrogens (tertiary/aromatic N) is 1. The molecule has 2 rings (SSSR count). The molecule has 0 unspecified atom stereocenters. The monoisotopic (exact) mass is 189 g/mol. The number of aliphatic hydroxyl groups excluding tert-OH is 1. The Labute approximate surface area is 82.0 Å². The molecule has 1 heterocycles. The Balaban J connectivity index is 2.22. The van der Waals surface area contributed by atoms with Crippen LogP contribution >= 0.6 is 0 Å². The van der Waals surface area contributed by atoms with Crippen LogP contribution < -0.4 is 0 Å². The van der Waals surface area contributed by atoms with E-state index in [1.807, 2.05) is 24.3 Å². The van der Waals surface area contributed by atoms with Crippen LogP contribution in [0.1, 0.15) is 5.56 Å². The van der Waals surface area contributed by atoms with Crippen LogP contribution in [0, 0.1) is 0 Å². The van der Waals surface area contributed by atoms with E-state index in [2.05, 4.69) is 4.98 Å². The molecule has 3 nitrogen and oxygen atoms in total. The lowest BCUT2D eigenvalue weighted by molar-refractivity contribution is 0.299. The zero-order valence-corrected chi connectivity index (χ0v) is 7.68. The Bertz CT molecular complexity index is 378. The molecule has 0 fully saturated rings. The van der Waals surface area contributed by atoms with Crippen molar-refractivity contribution in [3.05, 3.63) is 42.5 Å². The Hall–Kier alpha value is -1.61. The maximum atomic E-state index is 8.75. The van der Waals surface area contributed by atoms with E-state index in [1.165, 1.54) is 6.39 Å². The number of hydrogen-bond acceptors (Lipinski definition) is 3. The number of rotatable bonds is 3. The third-order valence-electron chi connectivity index (χ3n) is 2.08. The van der Waals surface area contributed by atoms with Gasteiger partial charge in [0.1, 0.15) is 12.0 Å². The predicted molar refractivity (Wildman–Crippen MR) is 52.7 cm³/mol. The van der Waals surface area contributed by atoms with E-state index in [9.17, 15) is 0 Å². The van der Waals surface area contributed by atoms with E-state index >= 15 is 0 Å². The van der Waals surface area contributed by atoms with Crippen molar-refractivity contribution in [1.82, 2.24) is 4.98 Å². The van der Waals surface area contributed by atoms with Gasteiger partial charge in [-0.05, 0) is 12.0 Å². The fourth-order valence-electron chi connectivity index (χ4n) is 1.33. The summed E-state index contributed by atoms with van der Waals surface area (Å²) < 4.78 is 4.90. The Kier molecular flexibility index (Phi) is 2.60. The first-order valence-electron chi connectivity index (χ1n) is 4.48. The van der Waals surface area contributed by atoms with Crippen LogP contribution in [0.3, 0.4) is 0 Å². The number of aliphatic hydroxyl groups is 1. The lowest BCUT2D eigenvalue weighted by atomic mass is 10.1. The highest BCUT2D eigenvalue weighted by molar-refractivity contribution is 5.57. The highest BCUT2D eigenvalue weighted by Crippen LogP contribution is 2.17. The first kappa shape index (κ1) is 8.97. The third kappa shape index (κ3) is 1.83. The second-order valence-corrected chi connectivity index (χ2v) is 3.04. The topological polar surface area (TPSA) is 46.3 Å². The normalized spacial score (nSPS) is 10.4. The zero-order chi connectivity index (χ0) is 9.80. The molecule has 0 atom stereocenters. The zero-order valence-electron chi connectivity index (χ0n) is 7.68. The number of oxazole rings is 1. The lowest BCUT2D eigenvalue weighted by Gasteiger charge is -1.99. The highest BCUT2D eigenvalue weighted by atomic mass is 16.3. The van der Waals surface area contributed by atoms with Crippen molar-refractivity contribution in [2.24, 2.45) is 0 Å². The van der Waals surface area contributed by atoms with Gasteiger partial charge in [-0.25, -0.2) is 4.98 Å². The minimum absolute atomic E-state index is 0.184. The minimum Gasteiger partial charge on any atom is -0.451 e. The smallest absolute Gasteiger partial charge is 0.181 e. The maximum absolute atomic E-state index is 8.75. The molecular formula is C11H11NO2. The van der Waals surface area contributed by atoms with Crippen LogP contribution in [0.15, 0.2) is 41.3 Å². The molecule has 0 amide bonds. The molecule has 14 heavy (non-hydrogen) atoms. The molecule has 1 aromatic carbocycles. The lowest BCUT2D eigenvalue weighted by Crippen LogP contribution is -1.89. The molecule has 0 radical (unpaired) electrons. The molecular weight excluding hydrogens is 178 g/mol. The molecule has 0 spiro atoms. The summed E-state index contributed by atoms with van der Waals surface area (Å²) in [7, 11) is 0. The first-order valence-corrected chi connectivity index (χ1v) is 4.48. The van der Waals surface area contributed by atoms with E-state index in [0.29, 0.717) is 6.42 Å². The molecule has 0 aliphatic heterocycles. The SMILES string of the molecule is OCCc1ccc(-c2cocn2)cc1. The van der Waals surface area contributed by atoms with Gasteiger partial charge in [-0.3, -0.25) is 0 Å². The van der Waals surface area contributed by atoms with Crippen molar-refractivity contribution in [1.29, 1.82) is 0 Å². The van der Waals surface area contributed by atoms with Gasteiger partial charge in [0.05, 0.1) is 0 Å². The summed E-state index contributed by atoms with van der Waals surface area (Å²) >= 11 is 0. The van der Waals surface area contributed by atoms with Crippen molar-refractivity contribution in [2.75, 3.05) is 6.61 Å². The predicted octanol–water partition coefficient (Wildman–Crippen LogP) is 1.88. The van der Waals surface area contributed by atoms with Crippen LogP contribution in [-0.2, 0) is 6.42 Å². The molecule has 0 aliphatic carbocycles. The van der Waals surface area contributed by atoms with E-state index in [4.69, 9.17) is 9.52 Å². The van der Waals surface area contributed by atoms with Crippen LogP contribution in [0.2, 0.25) is 0 Å². The van der Waals surface area contributed by atoms with Crippen molar-refractivity contribution in [3.63, 3.8) is 0 Å². The second-order valence-electron chi connectivity index (χ2n) is 3.04. The van der Waals surface area contributed by atoms with Crippen LogP contribution in [-0.4, -0.2) is 16.7 Å². The first-order chi connectivity index (χ1) is 6.90. The third-order valence-corrected chi connectivity index (χ3v) is 2.08. The average molecular weight is 189 g/mol. The van der Waals surface area contributed by atoms with E-state index < -0.39 is 0 Å². The van der Waals surface area contributed by atoms with Gasteiger partial charge in [0.15, 0.2) is 6.39 Å². The Morgan fingerprint density at radius 1 is 1.21 bits per heavy atom. The molecule has 0 saturated carbocycles. The molecule has 0 bridgehead atoms. The van der Waals surface area contributed by atoms with Gasteiger partial charge in [0, 0.05) is 12.2 Å². The van der Waals surface area contributed by atoms with E-state index in [0.717, 1.165) is 16.8 Å². The number of benzene rings is 1. The van der Waals surface area contributed by atoms with Gasteiger partial charge in [-0.1, -0.05) is 24.3 Å². The van der Waals surface area contributed by atoms with Crippen LogP contribution in [0.5, 0.6) is 0 Å². The summed E-state index contributed by atoms with van der Waals surface area (Å²) in [6.07, 6.45) is 3.72. The largest absolute Gasteiger partial charge is 0.451 e. The summed E-state index contributed by atoms with van der Waals surface area (Å²) in [6.45, 7) is 0.184. The molecule has 1 aromatic heterocycles. The maximum Gasteiger partial charge on any atom is 0.181 e. The fourth-order valence-corrected chi connectivity index (χ4v) is 1.33. The summed E-state index contributed by atoms with van der Waals surface area (Å²) in [6, 6.07) is 7.92. The van der Waals surface area contributed by atoms with Gasteiger partial charge in [0.2, 0.25) is 0 Å². The molecule has 1 N–H and O–H groups in total. The van der Waals surface area contributed by atoms with Crippen LogP contribution in [0.25, 0.3) is 11.3 Å². The van der Waals surface area contributed by atoms with Crippen molar-refractivity contribution >= 4 is 0 Å². The Morgan fingerprint density at radius 2 is 2.00 bits per heavy atom. The number of hydrogen-bond donors (Lipinski definition) is 1. The summed E-state index contributed by atoms with van der Waals surface area (Å²) in [4.78, 5) is 4.05. The molecule has 3 heteroatoms. The van der Waals surface area contributed by atoms with Crippen molar-refractivity contribution in [2.45, 2.75) is 6.42 Å². The average Bonchev–Trinajstić information content (AvgIpc) is 2.72. The standard InChI is InChI=1S/C11H11NO2/c13-6-5-9-1-3-10(4-2-9)11-7-14-8-12-11/h1-4,7-8,13H,5-6H2. The van der Waals surface area contributed by atoms with Gasteiger partial charge in [-0.15, -0.1) is 0 Å². The van der Waals surface area contributed by atoms with Gasteiger partial charge in [-0.2, -0.15) is 0 Å². The summed E-state index contributed by atoms with van der Waals surface area (Å²) in [5, 5.41) is 8.75. The molecule has 2 aromatic rings. The molecule has 72 valence electrons. The van der Waals surface area contributed by atoms with Gasteiger partial charge < -0.3 is 9.52 Å². The summed E-state index contributed by atoms with van der Waals surface area (Å²) in [5.41, 5.74) is 2.99.